The summed E-state index contributed by atoms with van der Waals surface area (Å²) in [7, 11) is 0. The van der Waals surface area contributed by atoms with Gasteiger partial charge in [0.2, 0.25) is 11.8 Å². The summed E-state index contributed by atoms with van der Waals surface area (Å²) in [5.74, 6) is -0.0234. The highest BCUT2D eigenvalue weighted by Crippen LogP contribution is 2.16. The molecule has 0 aliphatic carbocycles. The summed E-state index contributed by atoms with van der Waals surface area (Å²) in [5.41, 5.74) is 1.59. The Hall–Kier alpha value is -2.04. The summed E-state index contributed by atoms with van der Waals surface area (Å²) in [6, 6.07) is 7.34. The van der Waals surface area contributed by atoms with Gasteiger partial charge in [-0.3, -0.25) is 9.59 Å². The molecule has 5 nitrogen and oxygen atoms in total. The van der Waals surface area contributed by atoms with Gasteiger partial charge in [0.1, 0.15) is 6.04 Å². The largest absolute Gasteiger partial charge is 0.374 e. The van der Waals surface area contributed by atoms with Gasteiger partial charge in [0, 0.05) is 30.4 Å². The Labute approximate surface area is 133 Å². The number of anilines is 2. The molecule has 0 spiro atoms. The zero-order valence-electron chi connectivity index (χ0n) is 14.3. The number of hydrogen-bond acceptors (Lipinski definition) is 3. The van der Waals surface area contributed by atoms with Crippen LogP contribution < -0.4 is 10.6 Å². The lowest BCUT2D eigenvalue weighted by atomic mass is 10.1. The van der Waals surface area contributed by atoms with Crippen LogP contribution in [0.15, 0.2) is 24.3 Å². The minimum absolute atomic E-state index is 0.0796. The fourth-order valence-electron chi connectivity index (χ4n) is 2.49. The van der Waals surface area contributed by atoms with E-state index in [2.05, 4.69) is 10.6 Å². The van der Waals surface area contributed by atoms with Crippen molar-refractivity contribution in [1.29, 1.82) is 0 Å². The quantitative estimate of drug-likeness (QED) is 0.849. The molecule has 0 aliphatic rings. The number of carbonyl (C=O) groups is 2. The molecule has 0 saturated carbocycles. The van der Waals surface area contributed by atoms with Crippen molar-refractivity contribution in [3.63, 3.8) is 0 Å². The molecular formula is C17H27N3O2. The van der Waals surface area contributed by atoms with Gasteiger partial charge in [0.05, 0.1) is 0 Å². The molecule has 1 rings (SSSR count). The standard InChI is InChI=1S/C17H27N3O2/c1-11(2)20(12(3)4)17(22)13(5)18-15-7-9-16(10-8-15)19-14(6)21/h7-13,18H,1-6H3,(H,19,21)/t13-/m1/s1. The molecule has 0 heterocycles. The molecule has 2 amide bonds. The fourth-order valence-corrected chi connectivity index (χ4v) is 2.49. The Morgan fingerprint density at radius 1 is 0.909 bits per heavy atom. The molecule has 1 aromatic rings. The van der Waals surface area contributed by atoms with Crippen LogP contribution >= 0.6 is 0 Å². The summed E-state index contributed by atoms with van der Waals surface area (Å²) < 4.78 is 0. The second-order valence-electron chi connectivity index (χ2n) is 6.06. The van der Waals surface area contributed by atoms with Gasteiger partial charge in [-0.25, -0.2) is 0 Å². The summed E-state index contributed by atoms with van der Waals surface area (Å²) in [6.45, 7) is 11.4. The average molecular weight is 305 g/mol. The first-order valence-corrected chi connectivity index (χ1v) is 7.68. The summed E-state index contributed by atoms with van der Waals surface area (Å²) in [5, 5.41) is 5.92. The van der Waals surface area contributed by atoms with E-state index in [-0.39, 0.29) is 29.9 Å². The molecule has 0 unspecified atom stereocenters. The second kappa shape index (κ2) is 7.82. The molecule has 0 saturated heterocycles. The number of nitrogens with zero attached hydrogens (tertiary/aromatic N) is 1. The Balaban J connectivity index is 2.73. The number of benzene rings is 1. The molecule has 122 valence electrons. The Morgan fingerprint density at radius 2 is 1.36 bits per heavy atom. The van der Waals surface area contributed by atoms with E-state index in [4.69, 9.17) is 0 Å². The van der Waals surface area contributed by atoms with Crippen molar-refractivity contribution in [3.8, 4) is 0 Å². The summed E-state index contributed by atoms with van der Waals surface area (Å²) >= 11 is 0. The Morgan fingerprint density at radius 3 is 1.77 bits per heavy atom. The van der Waals surface area contributed by atoms with E-state index in [9.17, 15) is 9.59 Å². The van der Waals surface area contributed by atoms with Crippen LogP contribution in [0, 0.1) is 0 Å². The molecule has 0 bridgehead atoms. The van der Waals surface area contributed by atoms with E-state index in [1.54, 1.807) is 0 Å². The minimum atomic E-state index is -0.309. The molecule has 0 aromatic heterocycles. The van der Waals surface area contributed by atoms with Crippen LogP contribution in [0.2, 0.25) is 0 Å². The van der Waals surface area contributed by atoms with Crippen molar-refractivity contribution in [3.05, 3.63) is 24.3 Å². The van der Waals surface area contributed by atoms with E-state index < -0.39 is 0 Å². The van der Waals surface area contributed by atoms with Gasteiger partial charge in [-0.05, 0) is 58.9 Å². The molecular weight excluding hydrogens is 278 g/mol. The van der Waals surface area contributed by atoms with Gasteiger partial charge in [-0.2, -0.15) is 0 Å². The number of rotatable bonds is 6. The lowest BCUT2D eigenvalue weighted by molar-refractivity contribution is -0.135. The molecule has 0 radical (unpaired) electrons. The van der Waals surface area contributed by atoms with E-state index in [1.807, 2.05) is 63.8 Å². The first kappa shape index (κ1) is 18.0. The molecule has 0 aliphatic heterocycles. The van der Waals surface area contributed by atoms with Crippen LogP contribution in [-0.2, 0) is 9.59 Å². The third-order valence-electron chi connectivity index (χ3n) is 3.33. The smallest absolute Gasteiger partial charge is 0.245 e. The predicted octanol–water partition coefficient (Wildman–Crippen LogP) is 3.09. The van der Waals surface area contributed by atoms with Crippen LogP contribution in [0.3, 0.4) is 0 Å². The monoisotopic (exact) mass is 305 g/mol. The maximum Gasteiger partial charge on any atom is 0.245 e. The van der Waals surface area contributed by atoms with Crippen LogP contribution in [0.4, 0.5) is 11.4 Å². The second-order valence-corrected chi connectivity index (χ2v) is 6.06. The van der Waals surface area contributed by atoms with Crippen LogP contribution in [0.1, 0.15) is 41.5 Å². The molecule has 1 aromatic carbocycles. The van der Waals surface area contributed by atoms with E-state index in [0.717, 1.165) is 11.4 Å². The van der Waals surface area contributed by atoms with Crippen molar-refractivity contribution in [1.82, 2.24) is 4.90 Å². The van der Waals surface area contributed by atoms with Crippen LogP contribution in [0.5, 0.6) is 0 Å². The molecule has 22 heavy (non-hydrogen) atoms. The Bertz CT molecular complexity index is 501. The third-order valence-corrected chi connectivity index (χ3v) is 3.33. The predicted molar refractivity (Wildman–Crippen MR) is 90.9 cm³/mol. The molecule has 5 heteroatoms. The highest BCUT2D eigenvalue weighted by Gasteiger charge is 2.24. The van der Waals surface area contributed by atoms with Gasteiger partial charge in [-0.15, -0.1) is 0 Å². The van der Waals surface area contributed by atoms with E-state index >= 15 is 0 Å². The Kier molecular flexibility index (Phi) is 6.40. The lowest BCUT2D eigenvalue weighted by Crippen LogP contribution is -2.48. The van der Waals surface area contributed by atoms with Gasteiger partial charge in [0.25, 0.3) is 0 Å². The van der Waals surface area contributed by atoms with Crippen molar-refractivity contribution in [2.75, 3.05) is 10.6 Å². The minimum Gasteiger partial charge on any atom is -0.374 e. The number of hydrogen-bond donors (Lipinski definition) is 2. The third kappa shape index (κ3) is 5.06. The number of amides is 2. The van der Waals surface area contributed by atoms with Crippen molar-refractivity contribution >= 4 is 23.2 Å². The molecule has 1 atom stereocenters. The highest BCUT2D eigenvalue weighted by molar-refractivity contribution is 5.89. The normalized spacial score (nSPS) is 12.2. The first-order valence-electron chi connectivity index (χ1n) is 7.68. The van der Waals surface area contributed by atoms with Crippen LogP contribution in [-0.4, -0.2) is 34.8 Å². The number of carbonyl (C=O) groups excluding carboxylic acids is 2. The van der Waals surface area contributed by atoms with Crippen molar-refractivity contribution in [2.24, 2.45) is 0 Å². The van der Waals surface area contributed by atoms with Gasteiger partial charge < -0.3 is 15.5 Å². The summed E-state index contributed by atoms with van der Waals surface area (Å²) in [6.07, 6.45) is 0. The number of nitrogens with one attached hydrogen (secondary N) is 2. The van der Waals surface area contributed by atoms with Gasteiger partial charge >= 0.3 is 0 Å². The van der Waals surface area contributed by atoms with Gasteiger partial charge in [0.15, 0.2) is 0 Å². The maximum atomic E-state index is 12.5. The average Bonchev–Trinajstić information content (AvgIpc) is 2.39. The van der Waals surface area contributed by atoms with Crippen molar-refractivity contribution in [2.45, 2.75) is 59.7 Å². The van der Waals surface area contributed by atoms with Crippen LogP contribution in [0.25, 0.3) is 0 Å². The zero-order valence-corrected chi connectivity index (χ0v) is 14.3. The molecule has 0 fully saturated rings. The topological polar surface area (TPSA) is 61.4 Å². The SMILES string of the molecule is CC(=O)Nc1ccc(N[C@H](C)C(=O)N(C(C)C)C(C)C)cc1. The van der Waals surface area contributed by atoms with E-state index in [0.29, 0.717) is 0 Å². The zero-order chi connectivity index (χ0) is 16.9. The van der Waals surface area contributed by atoms with E-state index in [1.165, 1.54) is 6.92 Å². The summed E-state index contributed by atoms with van der Waals surface area (Å²) in [4.78, 5) is 25.4. The fraction of sp³-hybridized carbons (Fsp3) is 0.529. The lowest BCUT2D eigenvalue weighted by Gasteiger charge is -2.33. The highest BCUT2D eigenvalue weighted by atomic mass is 16.2. The molecule has 2 N–H and O–H groups in total. The van der Waals surface area contributed by atoms with Crippen molar-refractivity contribution < 1.29 is 9.59 Å². The maximum absolute atomic E-state index is 12.5. The van der Waals surface area contributed by atoms with Gasteiger partial charge in [-0.1, -0.05) is 0 Å². The first-order chi connectivity index (χ1) is 10.2.